The third-order valence-corrected chi connectivity index (χ3v) is 3.56. The van der Waals surface area contributed by atoms with E-state index >= 15 is 0 Å². The van der Waals surface area contributed by atoms with E-state index in [2.05, 4.69) is 11.9 Å². The van der Waals surface area contributed by atoms with Gasteiger partial charge in [-0.3, -0.25) is 14.4 Å². The number of nitrogens with one attached hydrogen (secondary N) is 1. The zero-order valence-corrected chi connectivity index (χ0v) is 12.4. The van der Waals surface area contributed by atoms with Crippen LogP contribution in [0.3, 0.4) is 0 Å². The highest BCUT2D eigenvalue weighted by Gasteiger charge is 2.25. The van der Waals surface area contributed by atoms with Crippen molar-refractivity contribution in [2.75, 3.05) is 0 Å². The average molecular weight is 290 g/mol. The van der Waals surface area contributed by atoms with E-state index in [0.29, 0.717) is 5.70 Å². The number of hydrogen-bond donors (Lipinski definition) is 2. The molecule has 0 atom stereocenters. The molecule has 2 amide bonds. The predicted octanol–water partition coefficient (Wildman–Crippen LogP) is 1.75. The van der Waals surface area contributed by atoms with E-state index in [4.69, 9.17) is 5.73 Å². The molecule has 0 heterocycles. The molecule has 0 aromatic rings. The van der Waals surface area contributed by atoms with Crippen LogP contribution in [-0.4, -0.2) is 17.6 Å². The zero-order chi connectivity index (χ0) is 15.8. The highest BCUT2D eigenvalue weighted by atomic mass is 16.2. The smallest absolute Gasteiger partial charge is 0.250 e. The van der Waals surface area contributed by atoms with E-state index < -0.39 is 5.91 Å². The quantitative estimate of drug-likeness (QED) is 0.527. The summed E-state index contributed by atoms with van der Waals surface area (Å²) in [5.74, 6) is -0.656. The molecule has 1 rings (SSSR count). The number of hydrogen-bond acceptors (Lipinski definition) is 3. The fourth-order valence-electron chi connectivity index (χ4n) is 2.10. The van der Waals surface area contributed by atoms with Gasteiger partial charge in [-0.25, -0.2) is 0 Å². The van der Waals surface area contributed by atoms with Gasteiger partial charge in [0.15, 0.2) is 0 Å². The van der Waals surface area contributed by atoms with E-state index in [9.17, 15) is 14.4 Å². The normalized spacial score (nSPS) is 16.0. The van der Waals surface area contributed by atoms with Crippen LogP contribution >= 0.6 is 0 Å². The van der Waals surface area contributed by atoms with Crippen molar-refractivity contribution in [3.05, 3.63) is 36.1 Å². The minimum atomic E-state index is -0.645. The fourth-order valence-corrected chi connectivity index (χ4v) is 2.10. The SMILES string of the molecule is C=C/C=C(C(N)=O)\C(=C/C)NC(=O)CCC(=O)C1CCC1. The first-order chi connectivity index (χ1) is 9.99. The van der Waals surface area contributed by atoms with E-state index in [-0.39, 0.29) is 36.0 Å². The van der Waals surface area contributed by atoms with E-state index in [0.717, 1.165) is 19.3 Å². The Hall–Kier alpha value is -2.17. The number of Topliss-reactive ketones (excluding diaryl/α,β-unsaturated/α-hetero) is 1. The van der Waals surface area contributed by atoms with Crippen molar-refractivity contribution in [3.8, 4) is 0 Å². The van der Waals surface area contributed by atoms with Gasteiger partial charge in [0.05, 0.1) is 5.57 Å². The largest absolute Gasteiger partial charge is 0.366 e. The second kappa shape index (κ2) is 8.19. The molecule has 114 valence electrons. The predicted molar refractivity (Wildman–Crippen MR) is 81.0 cm³/mol. The monoisotopic (exact) mass is 290 g/mol. The topological polar surface area (TPSA) is 89.3 Å². The Bertz CT molecular complexity index is 500. The third-order valence-electron chi connectivity index (χ3n) is 3.56. The molecule has 0 saturated heterocycles. The maximum Gasteiger partial charge on any atom is 0.250 e. The lowest BCUT2D eigenvalue weighted by Crippen LogP contribution is -2.29. The molecule has 1 aliphatic rings. The first-order valence-corrected chi connectivity index (χ1v) is 7.11. The first kappa shape index (κ1) is 16.9. The van der Waals surface area contributed by atoms with Crippen molar-refractivity contribution in [3.63, 3.8) is 0 Å². The van der Waals surface area contributed by atoms with Crippen molar-refractivity contribution in [1.82, 2.24) is 5.32 Å². The Morgan fingerprint density at radius 3 is 2.38 bits per heavy atom. The van der Waals surface area contributed by atoms with Gasteiger partial charge in [0, 0.05) is 24.5 Å². The third kappa shape index (κ3) is 5.02. The molecule has 0 unspecified atom stereocenters. The van der Waals surface area contributed by atoms with Crippen molar-refractivity contribution in [2.24, 2.45) is 11.7 Å². The number of carbonyl (C=O) groups excluding carboxylic acids is 3. The number of amides is 2. The number of carbonyl (C=O) groups is 3. The van der Waals surface area contributed by atoms with Gasteiger partial charge < -0.3 is 11.1 Å². The van der Waals surface area contributed by atoms with Crippen LogP contribution in [0.4, 0.5) is 0 Å². The molecule has 0 bridgehead atoms. The van der Waals surface area contributed by atoms with Crippen LogP contribution < -0.4 is 11.1 Å². The molecule has 0 aromatic carbocycles. The van der Waals surface area contributed by atoms with E-state index in [1.807, 2.05) is 0 Å². The molecule has 3 N–H and O–H groups in total. The number of primary amides is 1. The maximum absolute atomic E-state index is 11.9. The Morgan fingerprint density at radius 2 is 1.95 bits per heavy atom. The van der Waals surface area contributed by atoms with Crippen molar-refractivity contribution in [2.45, 2.75) is 39.0 Å². The highest BCUT2D eigenvalue weighted by Crippen LogP contribution is 2.28. The van der Waals surface area contributed by atoms with Crippen molar-refractivity contribution in [1.29, 1.82) is 0 Å². The summed E-state index contributed by atoms with van der Waals surface area (Å²) in [7, 11) is 0. The molecular weight excluding hydrogens is 268 g/mol. The highest BCUT2D eigenvalue weighted by molar-refractivity contribution is 5.98. The minimum absolute atomic E-state index is 0.118. The standard InChI is InChI=1S/C16H22N2O3/c1-3-6-12(16(17)21)13(4-2)18-15(20)10-9-14(19)11-7-5-8-11/h3-4,6,11H,1,5,7-10H2,2H3,(H2,17,21)(H,18,20)/b12-6+,13-4+. The zero-order valence-electron chi connectivity index (χ0n) is 12.4. The van der Waals surface area contributed by atoms with Crippen LogP contribution in [0.5, 0.6) is 0 Å². The second-order valence-corrected chi connectivity index (χ2v) is 5.02. The molecule has 0 spiro atoms. The molecule has 1 saturated carbocycles. The van der Waals surface area contributed by atoms with Gasteiger partial charge in [-0.05, 0) is 25.8 Å². The van der Waals surface area contributed by atoms with Crippen molar-refractivity contribution >= 4 is 17.6 Å². The molecule has 5 nitrogen and oxygen atoms in total. The van der Waals surface area contributed by atoms with Gasteiger partial charge in [0.1, 0.15) is 5.78 Å². The van der Waals surface area contributed by atoms with Gasteiger partial charge in [-0.15, -0.1) is 0 Å². The molecule has 1 aliphatic carbocycles. The van der Waals surface area contributed by atoms with Crippen molar-refractivity contribution < 1.29 is 14.4 Å². The van der Waals surface area contributed by atoms with Crippen LogP contribution in [0, 0.1) is 5.92 Å². The Morgan fingerprint density at radius 1 is 1.29 bits per heavy atom. The summed E-state index contributed by atoms with van der Waals surface area (Å²) in [5.41, 5.74) is 5.78. The number of rotatable bonds is 8. The van der Waals surface area contributed by atoms with Crippen LogP contribution in [0.2, 0.25) is 0 Å². The van der Waals surface area contributed by atoms with Crippen LogP contribution in [-0.2, 0) is 14.4 Å². The summed E-state index contributed by atoms with van der Waals surface area (Å²) in [6, 6.07) is 0. The Labute approximate surface area is 125 Å². The lowest BCUT2D eigenvalue weighted by Gasteiger charge is -2.23. The lowest BCUT2D eigenvalue weighted by molar-refractivity contribution is -0.128. The molecule has 0 aliphatic heterocycles. The van der Waals surface area contributed by atoms with Crippen LogP contribution in [0.15, 0.2) is 36.1 Å². The summed E-state index contributed by atoms with van der Waals surface area (Å²) in [5, 5.41) is 2.62. The number of allylic oxidation sites excluding steroid dienone is 3. The first-order valence-electron chi connectivity index (χ1n) is 7.11. The molecule has 1 fully saturated rings. The molecule has 0 radical (unpaired) electrons. The molecule has 0 aromatic heterocycles. The van der Waals surface area contributed by atoms with Gasteiger partial charge in [0.2, 0.25) is 5.91 Å². The summed E-state index contributed by atoms with van der Waals surface area (Å²) in [6.45, 7) is 5.19. The summed E-state index contributed by atoms with van der Waals surface area (Å²) < 4.78 is 0. The fraction of sp³-hybridized carbons (Fsp3) is 0.438. The number of ketones is 1. The van der Waals surface area contributed by atoms with Crippen LogP contribution in [0.1, 0.15) is 39.0 Å². The second-order valence-electron chi connectivity index (χ2n) is 5.02. The molecule has 5 heteroatoms. The average Bonchev–Trinajstić information content (AvgIpc) is 2.38. The van der Waals surface area contributed by atoms with Gasteiger partial charge >= 0.3 is 0 Å². The number of nitrogens with two attached hydrogens (primary N) is 1. The Balaban J connectivity index is 2.54. The summed E-state index contributed by atoms with van der Waals surface area (Å²) in [6.07, 6.45) is 7.79. The summed E-state index contributed by atoms with van der Waals surface area (Å²) >= 11 is 0. The molecule has 21 heavy (non-hydrogen) atoms. The van der Waals surface area contributed by atoms with E-state index in [1.165, 1.54) is 12.2 Å². The Kier molecular flexibility index (Phi) is 6.59. The van der Waals surface area contributed by atoms with Gasteiger partial charge in [-0.2, -0.15) is 0 Å². The van der Waals surface area contributed by atoms with Crippen LogP contribution in [0.25, 0.3) is 0 Å². The lowest BCUT2D eigenvalue weighted by atomic mass is 9.81. The molecular formula is C16H22N2O3. The minimum Gasteiger partial charge on any atom is -0.366 e. The summed E-state index contributed by atoms with van der Waals surface area (Å²) in [4.78, 5) is 34.9. The maximum atomic E-state index is 11.9. The van der Waals surface area contributed by atoms with Gasteiger partial charge in [0.25, 0.3) is 5.91 Å². The van der Waals surface area contributed by atoms with E-state index in [1.54, 1.807) is 13.0 Å². The van der Waals surface area contributed by atoms with Gasteiger partial charge in [-0.1, -0.05) is 25.2 Å².